The average molecular weight is 331 g/mol. The minimum atomic E-state index is -0.553. The summed E-state index contributed by atoms with van der Waals surface area (Å²) in [5, 5.41) is 5.41. The summed E-state index contributed by atoms with van der Waals surface area (Å²) in [5.74, 6) is 0. The highest BCUT2D eigenvalue weighted by molar-refractivity contribution is 8.00. The van der Waals surface area contributed by atoms with Crippen LogP contribution in [-0.2, 0) is 4.84 Å². The summed E-state index contributed by atoms with van der Waals surface area (Å²) >= 11 is 6.79. The van der Waals surface area contributed by atoms with Gasteiger partial charge in [-0.05, 0) is 31.7 Å². The Balaban J connectivity index is 0.000000394. The highest BCUT2D eigenvalue weighted by Gasteiger charge is 2.12. The lowest BCUT2D eigenvalue weighted by Crippen LogP contribution is -2.19. The summed E-state index contributed by atoms with van der Waals surface area (Å²) in [7, 11) is 1.48. The Labute approximate surface area is 134 Å². The van der Waals surface area contributed by atoms with Crippen molar-refractivity contribution < 1.29 is 14.4 Å². The van der Waals surface area contributed by atoms with Gasteiger partial charge in [0.05, 0.1) is 6.21 Å². The van der Waals surface area contributed by atoms with Crippen LogP contribution in [0, 0.1) is 0 Å². The zero-order valence-corrected chi connectivity index (χ0v) is 14.0. The molecule has 0 saturated carbocycles. The summed E-state index contributed by atoms with van der Waals surface area (Å²) in [6.07, 6.45) is 3.00. The SMILES string of the molecule is CNC(=O)O/N=C/C(C)(C)SC.O=C(Cl)c1ccccc1. The Bertz CT molecular complexity index is 478. The number of carbonyl (C=O) groups excluding carboxylic acids is 2. The van der Waals surface area contributed by atoms with Gasteiger partial charge in [-0.2, -0.15) is 11.8 Å². The van der Waals surface area contributed by atoms with Crippen LogP contribution >= 0.6 is 23.4 Å². The average Bonchev–Trinajstić information content (AvgIpc) is 2.48. The fraction of sp³-hybridized carbons (Fsp3) is 0.357. The van der Waals surface area contributed by atoms with Crippen molar-refractivity contribution in [1.29, 1.82) is 0 Å². The molecule has 0 fully saturated rings. The molecular weight excluding hydrogens is 312 g/mol. The van der Waals surface area contributed by atoms with E-state index in [-0.39, 0.29) is 4.75 Å². The number of hydrogen-bond acceptors (Lipinski definition) is 5. The Kier molecular flexibility index (Phi) is 9.49. The number of carbonyl (C=O) groups is 2. The summed E-state index contributed by atoms with van der Waals surface area (Å²) < 4.78 is -0.103. The van der Waals surface area contributed by atoms with Crippen LogP contribution in [0.15, 0.2) is 35.5 Å². The first-order valence-corrected chi connectivity index (χ1v) is 7.66. The fourth-order valence-corrected chi connectivity index (χ4v) is 1.14. The molecule has 7 heteroatoms. The van der Waals surface area contributed by atoms with Gasteiger partial charge < -0.3 is 5.32 Å². The van der Waals surface area contributed by atoms with Gasteiger partial charge in [0, 0.05) is 17.4 Å². The molecule has 0 aliphatic heterocycles. The molecule has 5 nitrogen and oxygen atoms in total. The van der Waals surface area contributed by atoms with Crippen molar-refractivity contribution in [3.8, 4) is 0 Å². The van der Waals surface area contributed by atoms with E-state index in [0.29, 0.717) is 5.56 Å². The number of nitrogens with one attached hydrogen (secondary N) is 1. The smallest absolute Gasteiger partial charge is 0.323 e. The molecule has 21 heavy (non-hydrogen) atoms. The summed E-state index contributed by atoms with van der Waals surface area (Å²) in [6.45, 7) is 3.96. The first kappa shape index (κ1) is 19.5. The van der Waals surface area contributed by atoms with E-state index in [0.717, 1.165) is 0 Å². The van der Waals surface area contributed by atoms with Crippen molar-refractivity contribution in [2.24, 2.45) is 5.16 Å². The third-order valence-electron chi connectivity index (χ3n) is 2.23. The molecule has 0 aromatic heterocycles. The van der Waals surface area contributed by atoms with Crippen LogP contribution in [-0.4, -0.2) is 35.6 Å². The van der Waals surface area contributed by atoms with Crippen LogP contribution in [0.5, 0.6) is 0 Å². The van der Waals surface area contributed by atoms with Crippen LogP contribution in [0.2, 0.25) is 0 Å². The van der Waals surface area contributed by atoms with E-state index < -0.39 is 11.3 Å². The Morgan fingerprint density at radius 3 is 2.29 bits per heavy atom. The molecule has 0 aliphatic carbocycles. The maximum atomic E-state index is 10.5. The van der Waals surface area contributed by atoms with Gasteiger partial charge in [-0.1, -0.05) is 35.5 Å². The number of thioether (sulfide) groups is 1. The standard InChI is InChI=1S/C7H5ClO.C7H14N2O2S/c8-7(9)6-4-2-1-3-5-6;1-7(2,12-4)5-9-11-6(10)8-3/h1-5H;5H,1-4H3,(H,8,10)/b;9-5+. The zero-order valence-electron chi connectivity index (χ0n) is 12.4. The molecule has 1 aromatic rings. The largest absolute Gasteiger partial charge is 0.433 e. The lowest BCUT2D eigenvalue weighted by molar-refractivity contribution is 0.108. The van der Waals surface area contributed by atoms with E-state index in [1.54, 1.807) is 42.2 Å². The molecule has 0 bridgehead atoms. The maximum Gasteiger partial charge on any atom is 0.433 e. The van der Waals surface area contributed by atoms with Crippen LogP contribution in [0.4, 0.5) is 4.79 Å². The number of amides is 1. The number of oxime groups is 1. The predicted octanol–water partition coefficient (Wildman–Crippen LogP) is 3.54. The molecule has 1 amide bonds. The number of benzene rings is 1. The molecule has 1 N–H and O–H groups in total. The van der Waals surface area contributed by atoms with Crippen molar-refractivity contribution in [1.82, 2.24) is 5.32 Å². The van der Waals surface area contributed by atoms with E-state index in [2.05, 4.69) is 15.3 Å². The Morgan fingerprint density at radius 2 is 1.90 bits per heavy atom. The van der Waals surface area contributed by atoms with Gasteiger partial charge in [-0.15, -0.1) is 0 Å². The summed E-state index contributed by atoms with van der Waals surface area (Å²) in [6, 6.07) is 8.74. The number of halogens is 1. The molecule has 116 valence electrons. The molecule has 0 heterocycles. The molecule has 1 aromatic carbocycles. The van der Waals surface area contributed by atoms with Crippen LogP contribution in [0.3, 0.4) is 0 Å². The molecule has 0 unspecified atom stereocenters. The Morgan fingerprint density at radius 1 is 1.33 bits per heavy atom. The van der Waals surface area contributed by atoms with Gasteiger partial charge in [0.15, 0.2) is 0 Å². The normalized spacial score (nSPS) is 10.5. The highest BCUT2D eigenvalue weighted by Crippen LogP contribution is 2.17. The molecule has 0 radical (unpaired) electrons. The van der Waals surface area contributed by atoms with Gasteiger partial charge in [0.2, 0.25) is 0 Å². The van der Waals surface area contributed by atoms with Crippen molar-refractivity contribution in [2.75, 3.05) is 13.3 Å². The quantitative estimate of drug-likeness (QED) is 0.397. The summed E-state index contributed by atoms with van der Waals surface area (Å²) in [4.78, 5) is 25.4. The van der Waals surface area contributed by atoms with Crippen molar-refractivity contribution in [3.05, 3.63) is 35.9 Å². The third kappa shape index (κ3) is 9.92. The minimum Gasteiger partial charge on any atom is -0.323 e. The zero-order chi connectivity index (χ0) is 16.3. The van der Waals surface area contributed by atoms with Gasteiger partial charge in [0.1, 0.15) is 0 Å². The van der Waals surface area contributed by atoms with Crippen molar-refractivity contribution in [3.63, 3.8) is 0 Å². The van der Waals surface area contributed by atoms with E-state index in [1.807, 2.05) is 26.2 Å². The lowest BCUT2D eigenvalue weighted by atomic mass is 10.2. The Hall–Kier alpha value is -1.53. The molecule has 0 atom stereocenters. The summed E-state index contributed by atoms with van der Waals surface area (Å²) in [5.41, 5.74) is 0.541. The molecule has 0 spiro atoms. The molecule has 0 saturated heterocycles. The lowest BCUT2D eigenvalue weighted by Gasteiger charge is -2.13. The van der Waals surface area contributed by atoms with Crippen LogP contribution in [0.1, 0.15) is 24.2 Å². The van der Waals surface area contributed by atoms with Crippen LogP contribution in [0.25, 0.3) is 0 Å². The monoisotopic (exact) mass is 330 g/mol. The van der Waals surface area contributed by atoms with E-state index >= 15 is 0 Å². The second-order valence-corrected chi connectivity index (χ2v) is 6.11. The molecule has 0 aliphatic rings. The second kappa shape index (κ2) is 10.2. The fourth-order valence-electron chi connectivity index (χ4n) is 0.869. The van der Waals surface area contributed by atoms with E-state index in [9.17, 15) is 9.59 Å². The van der Waals surface area contributed by atoms with Crippen LogP contribution < -0.4 is 5.32 Å². The predicted molar refractivity (Wildman–Crippen MR) is 88.3 cm³/mol. The maximum absolute atomic E-state index is 10.5. The third-order valence-corrected chi connectivity index (χ3v) is 3.61. The first-order chi connectivity index (χ1) is 9.82. The first-order valence-electron chi connectivity index (χ1n) is 6.05. The minimum absolute atomic E-state index is 0.103. The molecular formula is C14H19ClN2O3S. The molecule has 1 rings (SSSR count). The number of rotatable bonds is 4. The van der Waals surface area contributed by atoms with Gasteiger partial charge in [-0.3, -0.25) is 9.63 Å². The van der Waals surface area contributed by atoms with Gasteiger partial charge in [-0.25, -0.2) is 4.79 Å². The van der Waals surface area contributed by atoms with E-state index in [1.165, 1.54) is 7.05 Å². The number of hydrogen-bond donors (Lipinski definition) is 1. The second-order valence-electron chi connectivity index (χ2n) is 4.31. The van der Waals surface area contributed by atoms with Gasteiger partial charge in [0.25, 0.3) is 5.24 Å². The van der Waals surface area contributed by atoms with E-state index in [4.69, 9.17) is 11.6 Å². The van der Waals surface area contributed by atoms with Gasteiger partial charge >= 0.3 is 6.09 Å². The van der Waals surface area contributed by atoms with Crippen molar-refractivity contribution >= 4 is 40.9 Å². The topological polar surface area (TPSA) is 67.8 Å². The highest BCUT2D eigenvalue weighted by atomic mass is 35.5. The number of nitrogens with zero attached hydrogens (tertiary/aromatic N) is 1. The van der Waals surface area contributed by atoms with Crippen molar-refractivity contribution in [2.45, 2.75) is 18.6 Å².